The molecule has 3 nitrogen and oxygen atoms in total. The van der Waals surface area contributed by atoms with Crippen LogP contribution in [0.5, 0.6) is 0 Å². The summed E-state index contributed by atoms with van der Waals surface area (Å²) in [6.45, 7) is 12.2. The van der Waals surface area contributed by atoms with E-state index < -0.39 is 0 Å². The molecule has 1 heterocycles. The van der Waals surface area contributed by atoms with E-state index in [1.54, 1.807) is 0 Å². The van der Waals surface area contributed by atoms with E-state index in [-0.39, 0.29) is 0 Å². The second-order valence-corrected chi connectivity index (χ2v) is 4.73. The van der Waals surface area contributed by atoms with Gasteiger partial charge in [0.15, 0.2) is 0 Å². The van der Waals surface area contributed by atoms with Crippen molar-refractivity contribution in [2.75, 3.05) is 53.0 Å². The molecule has 15 heavy (non-hydrogen) atoms. The molecule has 0 bridgehead atoms. The molecule has 0 amide bonds. The predicted octanol–water partition coefficient (Wildman–Crippen LogP) is 1.30. The Balaban J connectivity index is 1.96. The molecule has 1 fully saturated rings. The Morgan fingerprint density at radius 1 is 1.20 bits per heavy atom. The summed E-state index contributed by atoms with van der Waals surface area (Å²) in [5, 5.41) is 0. The summed E-state index contributed by atoms with van der Waals surface area (Å²) in [6.07, 6.45) is 1.22. The zero-order valence-electron chi connectivity index (χ0n) is 10.5. The Morgan fingerprint density at radius 2 is 1.87 bits per heavy atom. The van der Waals surface area contributed by atoms with E-state index in [2.05, 4.69) is 30.7 Å². The molecule has 1 aliphatic heterocycles. The van der Waals surface area contributed by atoms with Gasteiger partial charge in [-0.3, -0.25) is 4.90 Å². The summed E-state index contributed by atoms with van der Waals surface area (Å²) in [6, 6.07) is 0. The van der Waals surface area contributed by atoms with Gasteiger partial charge in [-0.15, -0.1) is 0 Å². The Kier molecular flexibility index (Phi) is 6.22. The van der Waals surface area contributed by atoms with Crippen LogP contribution in [-0.4, -0.2) is 62.8 Å². The first-order valence-corrected chi connectivity index (χ1v) is 6.21. The Bertz CT molecular complexity index is 156. The number of likely N-dealkylation sites (N-methyl/N-ethyl adjacent to an activating group) is 1. The van der Waals surface area contributed by atoms with Crippen LogP contribution in [0.1, 0.15) is 20.3 Å². The molecule has 0 N–H and O–H groups in total. The molecule has 1 aliphatic rings. The maximum absolute atomic E-state index is 5.66. The van der Waals surface area contributed by atoms with Crippen LogP contribution in [0.3, 0.4) is 0 Å². The summed E-state index contributed by atoms with van der Waals surface area (Å²) in [4.78, 5) is 4.88. The van der Waals surface area contributed by atoms with Crippen LogP contribution in [0.15, 0.2) is 0 Å². The minimum absolute atomic E-state index is 0.706. The molecule has 0 aromatic heterocycles. The largest absolute Gasteiger partial charge is 0.380 e. The van der Waals surface area contributed by atoms with Crippen molar-refractivity contribution in [3.8, 4) is 0 Å². The van der Waals surface area contributed by atoms with Crippen LogP contribution in [0.4, 0.5) is 0 Å². The van der Waals surface area contributed by atoms with E-state index >= 15 is 0 Å². The quantitative estimate of drug-likeness (QED) is 0.620. The lowest BCUT2D eigenvalue weighted by molar-refractivity contribution is 0.0657. The second-order valence-electron chi connectivity index (χ2n) is 4.73. The molecule has 1 rings (SSSR count). The zero-order chi connectivity index (χ0) is 11.1. The minimum Gasteiger partial charge on any atom is -0.380 e. The van der Waals surface area contributed by atoms with Crippen molar-refractivity contribution in [1.29, 1.82) is 0 Å². The van der Waals surface area contributed by atoms with Gasteiger partial charge in [-0.25, -0.2) is 0 Å². The number of ether oxygens (including phenoxy) is 1. The van der Waals surface area contributed by atoms with E-state index in [1.165, 1.54) is 32.6 Å². The Hall–Kier alpha value is -0.120. The molecule has 0 aromatic carbocycles. The second kappa shape index (κ2) is 7.20. The number of hydrogen-bond donors (Lipinski definition) is 0. The fraction of sp³-hybridized carbons (Fsp3) is 1.00. The molecule has 0 aromatic rings. The summed E-state index contributed by atoms with van der Waals surface area (Å²) in [7, 11) is 2.19. The molecule has 0 saturated carbocycles. The van der Waals surface area contributed by atoms with Gasteiger partial charge in [0.2, 0.25) is 0 Å². The van der Waals surface area contributed by atoms with E-state index in [9.17, 15) is 0 Å². The first-order valence-electron chi connectivity index (χ1n) is 6.21. The average Bonchev–Trinajstić information content (AvgIpc) is 2.26. The summed E-state index contributed by atoms with van der Waals surface area (Å²) in [5.74, 6) is 0.706. The molecular formula is C12H26N2O. The molecular weight excluding hydrogens is 188 g/mol. The third-order valence-corrected chi connectivity index (χ3v) is 3.25. The SMILES string of the molecule is CCC(C)COCCN1CCN(C)CC1. The molecule has 1 atom stereocenters. The van der Waals surface area contributed by atoms with E-state index in [0.717, 1.165) is 19.8 Å². The van der Waals surface area contributed by atoms with Crippen LogP contribution in [0.2, 0.25) is 0 Å². The van der Waals surface area contributed by atoms with E-state index in [0.29, 0.717) is 5.92 Å². The maximum Gasteiger partial charge on any atom is 0.0593 e. The highest BCUT2D eigenvalue weighted by Gasteiger charge is 2.12. The van der Waals surface area contributed by atoms with Crippen molar-refractivity contribution in [3.63, 3.8) is 0 Å². The predicted molar refractivity (Wildman–Crippen MR) is 64.2 cm³/mol. The van der Waals surface area contributed by atoms with Gasteiger partial charge in [-0.05, 0) is 13.0 Å². The monoisotopic (exact) mass is 214 g/mol. The standard InChI is InChI=1S/C12H26N2O/c1-4-12(2)11-15-10-9-14-7-5-13(3)6-8-14/h12H,4-11H2,1-3H3. The summed E-state index contributed by atoms with van der Waals surface area (Å²) < 4.78 is 5.66. The minimum atomic E-state index is 0.706. The highest BCUT2D eigenvalue weighted by Crippen LogP contribution is 2.02. The number of rotatable bonds is 6. The van der Waals surface area contributed by atoms with Crippen molar-refractivity contribution in [3.05, 3.63) is 0 Å². The molecule has 1 unspecified atom stereocenters. The van der Waals surface area contributed by atoms with Gasteiger partial charge >= 0.3 is 0 Å². The normalized spacial score (nSPS) is 21.8. The first kappa shape index (κ1) is 12.9. The summed E-state index contributed by atoms with van der Waals surface area (Å²) >= 11 is 0. The Morgan fingerprint density at radius 3 is 2.47 bits per heavy atom. The van der Waals surface area contributed by atoms with Crippen molar-refractivity contribution in [2.45, 2.75) is 20.3 Å². The molecule has 3 heteroatoms. The number of piperazine rings is 1. The molecule has 0 spiro atoms. The third kappa shape index (κ3) is 5.50. The van der Waals surface area contributed by atoms with Gasteiger partial charge in [-0.2, -0.15) is 0 Å². The molecule has 1 saturated heterocycles. The number of hydrogen-bond acceptors (Lipinski definition) is 3. The fourth-order valence-electron chi connectivity index (χ4n) is 1.67. The van der Waals surface area contributed by atoms with Crippen LogP contribution in [0.25, 0.3) is 0 Å². The molecule has 90 valence electrons. The van der Waals surface area contributed by atoms with Gasteiger partial charge in [0, 0.05) is 39.3 Å². The van der Waals surface area contributed by atoms with Gasteiger partial charge in [0.25, 0.3) is 0 Å². The average molecular weight is 214 g/mol. The highest BCUT2D eigenvalue weighted by molar-refractivity contribution is 4.68. The topological polar surface area (TPSA) is 15.7 Å². The van der Waals surface area contributed by atoms with Crippen molar-refractivity contribution >= 4 is 0 Å². The first-order chi connectivity index (χ1) is 7.22. The Labute approximate surface area is 94.4 Å². The van der Waals surface area contributed by atoms with E-state index in [1.807, 2.05) is 0 Å². The third-order valence-electron chi connectivity index (χ3n) is 3.25. The highest BCUT2D eigenvalue weighted by atomic mass is 16.5. The lowest BCUT2D eigenvalue weighted by Crippen LogP contribution is -2.45. The van der Waals surface area contributed by atoms with Crippen LogP contribution in [-0.2, 0) is 4.74 Å². The van der Waals surface area contributed by atoms with Gasteiger partial charge in [-0.1, -0.05) is 20.3 Å². The maximum atomic E-state index is 5.66. The lowest BCUT2D eigenvalue weighted by atomic mass is 10.1. The van der Waals surface area contributed by atoms with Crippen molar-refractivity contribution < 1.29 is 4.74 Å². The van der Waals surface area contributed by atoms with Crippen molar-refractivity contribution in [1.82, 2.24) is 9.80 Å². The van der Waals surface area contributed by atoms with E-state index in [4.69, 9.17) is 4.74 Å². The lowest BCUT2D eigenvalue weighted by Gasteiger charge is -2.32. The summed E-state index contributed by atoms with van der Waals surface area (Å²) in [5.41, 5.74) is 0. The molecule has 0 radical (unpaired) electrons. The van der Waals surface area contributed by atoms with Crippen LogP contribution >= 0.6 is 0 Å². The smallest absolute Gasteiger partial charge is 0.0593 e. The van der Waals surface area contributed by atoms with Gasteiger partial charge in [0.1, 0.15) is 0 Å². The number of nitrogens with zero attached hydrogens (tertiary/aromatic N) is 2. The molecule has 0 aliphatic carbocycles. The van der Waals surface area contributed by atoms with Crippen molar-refractivity contribution in [2.24, 2.45) is 5.92 Å². The van der Waals surface area contributed by atoms with Gasteiger partial charge in [0.05, 0.1) is 6.61 Å². The van der Waals surface area contributed by atoms with Gasteiger partial charge < -0.3 is 9.64 Å². The van der Waals surface area contributed by atoms with Crippen LogP contribution < -0.4 is 0 Å². The van der Waals surface area contributed by atoms with Crippen LogP contribution in [0, 0.1) is 5.92 Å². The fourth-order valence-corrected chi connectivity index (χ4v) is 1.67. The zero-order valence-corrected chi connectivity index (χ0v) is 10.5.